The van der Waals surface area contributed by atoms with E-state index in [0.717, 1.165) is 38.3 Å². The molecular weight excluding hydrogens is 256 g/mol. The smallest absolute Gasteiger partial charge is 0.337 e. The van der Waals surface area contributed by atoms with Crippen LogP contribution in [0.5, 0.6) is 0 Å². The van der Waals surface area contributed by atoms with E-state index >= 15 is 0 Å². The van der Waals surface area contributed by atoms with Gasteiger partial charge in [0.25, 0.3) is 0 Å². The van der Waals surface area contributed by atoms with Crippen molar-refractivity contribution in [1.82, 2.24) is 9.80 Å². The Hall–Kier alpha value is -1.88. The van der Waals surface area contributed by atoms with E-state index in [2.05, 4.69) is 4.90 Å². The molecule has 0 spiro atoms. The van der Waals surface area contributed by atoms with Gasteiger partial charge in [-0.05, 0) is 17.7 Å². The zero-order valence-electron chi connectivity index (χ0n) is 12.0. The number of ether oxygens (including phenoxy) is 1. The molecule has 0 N–H and O–H groups in total. The number of carbonyl (C=O) groups is 2. The van der Waals surface area contributed by atoms with E-state index < -0.39 is 0 Å². The minimum absolute atomic E-state index is 0.136. The van der Waals surface area contributed by atoms with Crippen LogP contribution >= 0.6 is 0 Å². The Morgan fingerprint density at radius 1 is 1.20 bits per heavy atom. The van der Waals surface area contributed by atoms with Crippen molar-refractivity contribution in [3.63, 3.8) is 0 Å². The number of benzene rings is 1. The van der Waals surface area contributed by atoms with Crippen LogP contribution < -0.4 is 0 Å². The van der Waals surface area contributed by atoms with Gasteiger partial charge < -0.3 is 9.64 Å². The van der Waals surface area contributed by atoms with Crippen LogP contribution in [0.3, 0.4) is 0 Å². The number of rotatable bonds is 3. The summed E-state index contributed by atoms with van der Waals surface area (Å²) in [7, 11) is 1.38. The topological polar surface area (TPSA) is 49.9 Å². The molecule has 1 heterocycles. The molecule has 1 saturated heterocycles. The normalized spacial score (nSPS) is 16.0. The van der Waals surface area contributed by atoms with Crippen LogP contribution in [-0.4, -0.2) is 55.0 Å². The van der Waals surface area contributed by atoms with Gasteiger partial charge in [0.2, 0.25) is 5.91 Å². The van der Waals surface area contributed by atoms with Gasteiger partial charge in [0.05, 0.1) is 12.7 Å². The number of hydrogen-bond donors (Lipinski definition) is 0. The highest BCUT2D eigenvalue weighted by atomic mass is 16.5. The summed E-state index contributed by atoms with van der Waals surface area (Å²) < 4.78 is 4.72. The fourth-order valence-corrected chi connectivity index (χ4v) is 2.39. The molecule has 0 atom stereocenters. The van der Waals surface area contributed by atoms with Crippen molar-refractivity contribution < 1.29 is 14.3 Å². The predicted molar refractivity (Wildman–Crippen MR) is 75.3 cm³/mol. The molecule has 0 bridgehead atoms. The Bertz CT molecular complexity index is 494. The van der Waals surface area contributed by atoms with Gasteiger partial charge in [0, 0.05) is 39.6 Å². The lowest BCUT2D eigenvalue weighted by Gasteiger charge is -2.34. The van der Waals surface area contributed by atoms with Crippen LogP contribution in [0, 0.1) is 0 Å². The molecular formula is C15H20N2O3. The molecule has 0 unspecified atom stereocenters. The number of nitrogens with zero attached hydrogens (tertiary/aromatic N) is 2. The van der Waals surface area contributed by atoms with E-state index in [0.29, 0.717) is 5.56 Å². The lowest BCUT2D eigenvalue weighted by atomic mass is 10.1. The molecule has 1 aromatic carbocycles. The molecule has 0 aromatic heterocycles. The molecule has 1 aromatic rings. The second-order valence-corrected chi connectivity index (χ2v) is 4.97. The first-order valence-electron chi connectivity index (χ1n) is 6.75. The summed E-state index contributed by atoms with van der Waals surface area (Å²) >= 11 is 0. The van der Waals surface area contributed by atoms with Crippen molar-refractivity contribution >= 4 is 11.9 Å². The second kappa shape index (κ2) is 6.52. The fraction of sp³-hybridized carbons (Fsp3) is 0.467. The zero-order valence-corrected chi connectivity index (χ0v) is 12.0. The van der Waals surface area contributed by atoms with E-state index in [4.69, 9.17) is 4.74 Å². The standard InChI is InChI=1S/C15H20N2O3/c1-12(18)17-8-6-16(7-9-17)11-13-4-3-5-14(10-13)15(19)20-2/h3-5,10H,6-9,11H2,1-2H3. The first kappa shape index (κ1) is 14.5. The highest BCUT2D eigenvalue weighted by Gasteiger charge is 2.18. The van der Waals surface area contributed by atoms with Crippen LogP contribution in [0.25, 0.3) is 0 Å². The average molecular weight is 276 g/mol. The Morgan fingerprint density at radius 3 is 2.50 bits per heavy atom. The molecule has 20 heavy (non-hydrogen) atoms. The first-order valence-corrected chi connectivity index (χ1v) is 6.75. The van der Waals surface area contributed by atoms with Crippen molar-refractivity contribution in [2.45, 2.75) is 13.5 Å². The minimum atomic E-state index is -0.312. The summed E-state index contributed by atoms with van der Waals surface area (Å²) in [4.78, 5) is 26.9. The van der Waals surface area contributed by atoms with Crippen molar-refractivity contribution in [2.24, 2.45) is 0 Å². The van der Waals surface area contributed by atoms with Crippen molar-refractivity contribution in [1.29, 1.82) is 0 Å². The summed E-state index contributed by atoms with van der Waals surface area (Å²) in [5, 5.41) is 0. The monoisotopic (exact) mass is 276 g/mol. The van der Waals surface area contributed by atoms with Gasteiger partial charge in [-0.2, -0.15) is 0 Å². The van der Waals surface area contributed by atoms with Crippen molar-refractivity contribution in [3.8, 4) is 0 Å². The molecule has 5 heteroatoms. The van der Waals surface area contributed by atoms with Crippen molar-refractivity contribution in [2.75, 3.05) is 33.3 Å². The Morgan fingerprint density at radius 2 is 1.90 bits per heavy atom. The predicted octanol–water partition coefficient (Wildman–Crippen LogP) is 1.14. The first-order chi connectivity index (χ1) is 9.60. The molecule has 2 rings (SSSR count). The van der Waals surface area contributed by atoms with E-state index in [-0.39, 0.29) is 11.9 Å². The van der Waals surface area contributed by atoms with E-state index in [1.165, 1.54) is 7.11 Å². The maximum Gasteiger partial charge on any atom is 0.337 e. The summed E-state index contributed by atoms with van der Waals surface area (Å²) in [6.07, 6.45) is 0. The van der Waals surface area contributed by atoms with E-state index in [1.54, 1.807) is 13.0 Å². The maximum atomic E-state index is 11.5. The van der Waals surface area contributed by atoms with Crippen LogP contribution in [0.15, 0.2) is 24.3 Å². The van der Waals surface area contributed by atoms with E-state index in [9.17, 15) is 9.59 Å². The molecule has 5 nitrogen and oxygen atoms in total. The quantitative estimate of drug-likeness (QED) is 0.777. The van der Waals surface area contributed by atoms with Crippen LogP contribution in [-0.2, 0) is 16.1 Å². The number of esters is 1. The molecule has 108 valence electrons. The highest BCUT2D eigenvalue weighted by Crippen LogP contribution is 2.11. The molecule has 0 radical (unpaired) electrons. The van der Waals surface area contributed by atoms with Gasteiger partial charge in [0.15, 0.2) is 0 Å². The Balaban J connectivity index is 1.94. The average Bonchev–Trinajstić information content (AvgIpc) is 2.47. The minimum Gasteiger partial charge on any atom is -0.465 e. The lowest BCUT2D eigenvalue weighted by molar-refractivity contribution is -0.130. The van der Waals surface area contributed by atoms with Gasteiger partial charge in [0.1, 0.15) is 0 Å². The molecule has 1 aliphatic heterocycles. The maximum absolute atomic E-state index is 11.5. The SMILES string of the molecule is COC(=O)c1cccc(CN2CCN(C(C)=O)CC2)c1. The third-order valence-corrected chi connectivity index (χ3v) is 3.57. The van der Waals surface area contributed by atoms with Crippen molar-refractivity contribution in [3.05, 3.63) is 35.4 Å². The Kier molecular flexibility index (Phi) is 4.74. The van der Waals surface area contributed by atoms with Gasteiger partial charge in [-0.3, -0.25) is 9.69 Å². The van der Waals surface area contributed by atoms with Gasteiger partial charge in [-0.1, -0.05) is 12.1 Å². The molecule has 1 fully saturated rings. The largest absolute Gasteiger partial charge is 0.465 e. The van der Waals surface area contributed by atoms with Crippen LogP contribution in [0.1, 0.15) is 22.8 Å². The molecule has 1 amide bonds. The zero-order chi connectivity index (χ0) is 14.5. The molecule has 0 saturated carbocycles. The van der Waals surface area contributed by atoms with Gasteiger partial charge >= 0.3 is 5.97 Å². The number of methoxy groups -OCH3 is 1. The van der Waals surface area contributed by atoms with E-state index in [1.807, 2.05) is 23.1 Å². The molecule has 1 aliphatic rings. The van der Waals surface area contributed by atoms with Gasteiger partial charge in [-0.15, -0.1) is 0 Å². The van der Waals surface area contributed by atoms with Crippen LogP contribution in [0.2, 0.25) is 0 Å². The highest BCUT2D eigenvalue weighted by molar-refractivity contribution is 5.89. The summed E-state index contributed by atoms with van der Waals surface area (Å²) in [6, 6.07) is 7.49. The molecule has 0 aliphatic carbocycles. The summed E-state index contributed by atoms with van der Waals surface area (Å²) in [5.41, 5.74) is 1.66. The summed E-state index contributed by atoms with van der Waals surface area (Å²) in [6.45, 7) is 5.66. The second-order valence-electron chi connectivity index (χ2n) is 4.97. The van der Waals surface area contributed by atoms with Crippen LogP contribution in [0.4, 0.5) is 0 Å². The lowest BCUT2D eigenvalue weighted by Crippen LogP contribution is -2.47. The number of amides is 1. The summed E-state index contributed by atoms with van der Waals surface area (Å²) in [5.74, 6) is -0.175. The number of piperazine rings is 1. The third-order valence-electron chi connectivity index (χ3n) is 3.57. The number of hydrogen-bond acceptors (Lipinski definition) is 4. The number of carbonyl (C=O) groups excluding carboxylic acids is 2. The third kappa shape index (κ3) is 3.57. The van der Waals surface area contributed by atoms with Gasteiger partial charge in [-0.25, -0.2) is 4.79 Å². The fourth-order valence-electron chi connectivity index (χ4n) is 2.39. The Labute approximate surface area is 119 Å².